The highest BCUT2D eigenvalue weighted by molar-refractivity contribution is 6.66. The summed E-state index contributed by atoms with van der Waals surface area (Å²) in [6, 6.07) is 0.965. The molecule has 0 saturated heterocycles. The van der Waals surface area contributed by atoms with Crippen molar-refractivity contribution in [1.29, 1.82) is 0 Å². The highest BCUT2D eigenvalue weighted by Crippen LogP contribution is 2.18. The monoisotopic (exact) mass is 266 g/mol. The molecule has 0 radical (unpaired) electrons. The number of rotatable bonds is 9. The molecule has 2 unspecified atom stereocenters. The van der Waals surface area contributed by atoms with Crippen molar-refractivity contribution in [3.05, 3.63) is 0 Å². The van der Waals surface area contributed by atoms with Gasteiger partial charge in [0.15, 0.2) is 0 Å². The van der Waals surface area contributed by atoms with Crippen molar-refractivity contribution < 1.29 is 14.0 Å². The van der Waals surface area contributed by atoms with Gasteiger partial charge in [-0.25, -0.2) is 0 Å². The van der Waals surface area contributed by atoms with E-state index in [4.69, 9.17) is 25.4 Å². The van der Waals surface area contributed by atoms with Crippen LogP contribution >= 0.6 is 0 Å². The molecular formula is C11H30N2O3Si. The van der Waals surface area contributed by atoms with E-state index in [9.17, 15) is 0 Å². The lowest BCUT2D eigenvalue weighted by atomic mass is 10.3. The molecule has 0 aliphatic carbocycles. The van der Waals surface area contributed by atoms with Gasteiger partial charge >= 0.3 is 8.56 Å². The van der Waals surface area contributed by atoms with Crippen molar-refractivity contribution in [3.8, 4) is 0 Å². The van der Waals surface area contributed by atoms with Crippen molar-refractivity contribution in [2.45, 2.75) is 45.4 Å². The van der Waals surface area contributed by atoms with E-state index in [-0.39, 0.29) is 6.10 Å². The molecule has 0 heterocycles. The third-order valence-corrected chi connectivity index (χ3v) is 5.37. The second-order valence-corrected chi connectivity index (χ2v) is 7.26. The van der Waals surface area contributed by atoms with Crippen molar-refractivity contribution in [2.75, 3.05) is 26.8 Å². The summed E-state index contributed by atoms with van der Waals surface area (Å²) in [7, 11) is -1.01. The summed E-state index contributed by atoms with van der Waals surface area (Å²) in [5.41, 5.74) is 11.0. The molecule has 0 aliphatic heterocycles. The zero-order valence-corrected chi connectivity index (χ0v) is 12.7. The number of nitrogens with two attached hydrogens (primary N) is 2. The normalized spacial score (nSPS) is 15.7. The van der Waals surface area contributed by atoms with Gasteiger partial charge in [0.25, 0.3) is 0 Å². The lowest BCUT2D eigenvalue weighted by molar-refractivity contribution is 0.126. The molecule has 0 bridgehead atoms. The first kappa shape index (κ1) is 19.4. The Kier molecular flexibility index (Phi) is 14.2. The quantitative estimate of drug-likeness (QED) is 0.537. The van der Waals surface area contributed by atoms with Gasteiger partial charge in [-0.05, 0) is 52.4 Å². The van der Waals surface area contributed by atoms with Crippen LogP contribution in [0, 0.1) is 0 Å². The fraction of sp³-hybridized carbons (Fsp3) is 1.00. The second-order valence-electron chi connectivity index (χ2n) is 3.96. The van der Waals surface area contributed by atoms with Crippen LogP contribution in [0.15, 0.2) is 0 Å². The molecular weight excluding hydrogens is 236 g/mol. The predicted octanol–water partition coefficient (Wildman–Crippen LogP) is 0.806. The van der Waals surface area contributed by atoms with Crippen LogP contribution in [0.1, 0.15) is 26.7 Å². The zero-order chi connectivity index (χ0) is 13.7. The van der Waals surface area contributed by atoms with E-state index in [1.165, 1.54) is 0 Å². The Morgan fingerprint density at radius 1 is 1.24 bits per heavy atom. The molecule has 2 atom stereocenters. The van der Waals surface area contributed by atoms with Crippen LogP contribution in [-0.2, 0) is 8.85 Å². The summed E-state index contributed by atoms with van der Waals surface area (Å²) in [6.45, 7) is 8.24. The first-order valence-corrected chi connectivity index (χ1v) is 8.77. The minimum Gasteiger partial charge on any atom is -0.400 e. The molecule has 0 saturated carbocycles. The van der Waals surface area contributed by atoms with Crippen LogP contribution in [0.2, 0.25) is 12.6 Å². The van der Waals surface area contributed by atoms with Crippen LogP contribution in [0.4, 0.5) is 0 Å². The van der Waals surface area contributed by atoms with E-state index in [0.717, 1.165) is 26.0 Å². The number of aliphatic hydroxyl groups is 1. The zero-order valence-electron chi connectivity index (χ0n) is 11.7. The van der Waals surface area contributed by atoms with Crippen molar-refractivity contribution in [3.63, 3.8) is 0 Å². The van der Waals surface area contributed by atoms with Gasteiger partial charge in [-0.1, -0.05) is 0 Å². The molecule has 0 fully saturated rings. The molecule has 0 aromatic rings. The predicted molar refractivity (Wildman–Crippen MR) is 74.1 cm³/mol. The molecule has 0 rings (SSSR count). The molecule has 0 amide bonds. The molecule has 0 aliphatic rings. The molecule has 5 nitrogen and oxygen atoms in total. The Hall–Kier alpha value is 0.0169. The molecule has 0 aromatic heterocycles. The second kappa shape index (κ2) is 12.5. The van der Waals surface area contributed by atoms with Gasteiger partial charge in [-0.2, -0.15) is 0 Å². The summed E-state index contributed by atoms with van der Waals surface area (Å²) in [5.74, 6) is 0. The Morgan fingerprint density at radius 3 is 2.24 bits per heavy atom. The summed E-state index contributed by atoms with van der Waals surface area (Å²) in [4.78, 5) is 0. The van der Waals surface area contributed by atoms with E-state index in [0.29, 0.717) is 19.7 Å². The summed E-state index contributed by atoms with van der Waals surface area (Å²) >= 11 is 0. The summed E-state index contributed by atoms with van der Waals surface area (Å²) in [5, 5.41) is 7.00. The first-order chi connectivity index (χ1) is 8.08. The highest BCUT2D eigenvalue weighted by Gasteiger charge is 2.32. The van der Waals surface area contributed by atoms with E-state index in [1.54, 1.807) is 0 Å². The SMILES string of the molecule is CCO[Si](C)(CCCN)OC(C)CCN.CO. The molecule has 5 N–H and O–H groups in total. The van der Waals surface area contributed by atoms with Gasteiger partial charge in [0, 0.05) is 19.8 Å². The van der Waals surface area contributed by atoms with Crippen LogP contribution < -0.4 is 11.5 Å². The van der Waals surface area contributed by atoms with Gasteiger partial charge in [0.1, 0.15) is 0 Å². The minimum atomic E-state index is -2.01. The van der Waals surface area contributed by atoms with E-state index < -0.39 is 8.56 Å². The average molecular weight is 266 g/mol. The molecule has 6 heteroatoms. The van der Waals surface area contributed by atoms with Crippen molar-refractivity contribution in [1.82, 2.24) is 0 Å². The maximum Gasteiger partial charge on any atom is 0.335 e. The molecule has 106 valence electrons. The maximum atomic E-state index is 7.00. The smallest absolute Gasteiger partial charge is 0.335 e. The third kappa shape index (κ3) is 10.9. The van der Waals surface area contributed by atoms with Crippen molar-refractivity contribution >= 4 is 8.56 Å². The Bertz CT molecular complexity index is 164. The Labute approximate surface area is 107 Å². The molecule has 0 aromatic carbocycles. The Morgan fingerprint density at radius 2 is 1.82 bits per heavy atom. The standard InChI is InChI=1S/C10H26N2O2Si.CH4O/c1-4-13-15(3,9-5-7-11)14-10(2)6-8-12;1-2/h10H,4-9,11-12H2,1-3H3;2H,1H3. The van der Waals surface area contributed by atoms with Gasteiger partial charge in [-0.3, -0.25) is 0 Å². The number of hydrogen-bond donors (Lipinski definition) is 3. The van der Waals surface area contributed by atoms with Gasteiger partial charge in [0.05, 0.1) is 0 Å². The maximum absolute atomic E-state index is 7.00. The highest BCUT2D eigenvalue weighted by atomic mass is 28.4. The number of aliphatic hydroxyl groups excluding tert-OH is 1. The van der Waals surface area contributed by atoms with Gasteiger partial charge in [0.2, 0.25) is 0 Å². The topological polar surface area (TPSA) is 90.7 Å². The van der Waals surface area contributed by atoms with Crippen LogP contribution in [0.5, 0.6) is 0 Å². The fourth-order valence-corrected chi connectivity index (χ4v) is 4.37. The Balaban J connectivity index is 0. The summed E-state index contributed by atoms with van der Waals surface area (Å²) in [6.07, 6.45) is 2.05. The van der Waals surface area contributed by atoms with Crippen LogP contribution in [0.3, 0.4) is 0 Å². The number of hydrogen-bond acceptors (Lipinski definition) is 5. The fourth-order valence-electron chi connectivity index (χ4n) is 1.61. The minimum absolute atomic E-state index is 0.191. The third-order valence-electron chi connectivity index (χ3n) is 2.31. The van der Waals surface area contributed by atoms with E-state index in [1.807, 2.05) is 6.92 Å². The van der Waals surface area contributed by atoms with Gasteiger partial charge in [-0.15, -0.1) is 0 Å². The average Bonchev–Trinajstić information content (AvgIpc) is 2.29. The van der Waals surface area contributed by atoms with E-state index in [2.05, 4.69) is 13.5 Å². The first-order valence-electron chi connectivity index (χ1n) is 6.24. The van der Waals surface area contributed by atoms with Crippen LogP contribution in [0.25, 0.3) is 0 Å². The van der Waals surface area contributed by atoms with Gasteiger partial charge < -0.3 is 25.4 Å². The lowest BCUT2D eigenvalue weighted by Gasteiger charge is -2.29. The van der Waals surface area contributed by atoms with Crippen LogP contribution in [-0.4, -0.2) is 46.6 Å². The largest absolute Gasteiger partial charge is 0.400 e. The summed E-state index contributed by atoms with van der Waals surface area (Å²) < 4.78 is 11.8. The van der Waals surface area contributed by atoms with E-state index >= 15 is 0 Å². The molecule has 17 heavy (non-hydrogen) atoms. The lowest BCUT2D eigenvalue weighted by Crippen LogP contribution is -2.42. The van der Waals surface area contributed by atoms with Crippen molar-refractivity contribution in [2.24, 2.45) is 11.5 Å². The molecule has 0 spiro atoms.